The van der Waals surface area contributed by atoms with Crippen molar-refractivity contribution in [3.05, 3.63) is 34.9 Å². The molecule has 0 fully saturated rings. The second-order valence-electron chi connectivity index (χ2n) is 3.80. The molecular formula is C12H17NO2. The molecule has 0 saturated heterocycles. The summed E-state index contributed by atoms with van der Waals surface area (Å²) in [5.41, 5.74) is 3.49. The summed E-state index contributed by atoms with van der Waals surface area (Å²) >= 11 is 0. The van der Waals surface area contributed by atoms with Gasteiger partial charge in [-0.3, -0.25) is 4.79 Å². The van der Waals surface area contributed by atoms with E-state index in [0.717, 1.165) is 5.56 Å². The van der Waals surface area contributed by atoms with E-state index in [1.54, 1.807) is 7.05 Å². The van der Waals surface area contributed by atoms with Gasteiger partial charge in [0.2, 0.25) is 0 Å². The topological polar surface area (TPSA) is 49.3 Å². The van der Waals surface area contributed by atoms with Crippen LogP contribution < -0.4 is 5.32 Å². The molecule has 0 spiro atoms. The number of aliphatic carboxylic acids is 1. The molecule has 3 nitrogen and oxygen atoms in total. The van der Waals surface area contributed by atoms with Crippen LogP contribution in [0.2, 0.25) is 0 Å². The van der Waals surface area contributed by atoms with Crippen molar-refractivity contribution in [2.75, 3.05) is 7.05 Å². The predicted molar refractivity (Wildman–Crippen MR) is 60.1 cm³/mol. The van der Waals surface area contributed by atoms with Gasteiger partial charge in [0.1, 0.15) is 6.04 Å². The van der Waals surface area contributed by atoms with Crippen LogP contribution in [0.5, 0.6) is 0 Å². The number of aryl methyl sites for hydroxylation is 2. The van der Waals surface area contributed by atoms with E-state index < -0.39 is 12.0 Å². The zero-order chi connectivity index (χ0) is 11.4. The summed E-state index contributed by atoms with van der Waals surface area (Å²) in [5.74, 6) is -0.810. The maximum atomic E-state index is 10.8. The Kier molecular flexibility index (Phi) is 3.86. The quantitative estimate of drug-likeness (QED) is 0.787. The third-order valence-electron chi connectivity index (χ3n) is 2.66. The van der Waals surface area contributed by atoms with Crippen LogP contribution in [0.25, 0.3) is 0 Å². The number of carboxylic acid groups (broad SMARTS) is 1. The maximum Gasteiger partial charge on any atom is 0.321 e. The normalized spacial score (nSPS) is 12.5. The van der Waals surface area contributed by atoms with Crippen LogP contribution >= 0.6 is 0 Å². The number of hydrogen-bond donors (Lipinski definition) is 2. The lowest BCUT2D eigenvalue weighted by Gasteiger charge is -2.12. The van der Waals surface area contributed by atoms with E-state index >= 15 is 0 Å². The Balaban J connectivity index is 2.80. The van der Waals surface area contributed by atoms with Crippen LogP contribution in [0.15, 0.2) is 18.2 Å². The number of hydrogen-bond acceptors (Lipinski definition) is 2. The maximum absolute atomic E-state index is 10.8. The number of rotatable bonds is 4. The van der Waals surface area contributed by atoms with Crippen LogP contribution in [0.4, 0.5) is 0 Å². The van der Waals surface area contributed by atoms with Gasteiger partial charge in [0, 0.05) is 0 Å². The van der Waals surface area contributed by atoms with E-state index in [0.29, 0.717) is 6.42 Å². The predicted octanol–water partition coefficient (Wildman–Crippen LogP) is 1.52. The minimum atomic E-state index is -0.810. The molecule has 1 aromatic carbocycles. The summed E-state index contributed by atoms with van der Waals surface area (Å²) in [6.07, 6.45) is 0.521. The van der Waals surface area contributed by atoms with Gasteiger partial charge in [-0.1, -0.05) is 18.2 Å². The summed E-state index contributed by atoms with van der Waals surface area (Å²) in [6.45, 7) is 4.08. The van der Waals surface area contributed by atoms with Gasteiger partial charge in [-0.15, -0.1) is 0 Å². The summed E-state index contributed by atoms with van der Waals surface area (Å²) in [6, 6.07) is 5.55. The van der Waals surface area contributed by atoms with Gasteiger partial charge in [-0.05, 0) is 44.0 Å². The zero-order valence-electron chi connectivity index (χ0n) is 9.37. The Labute approximate surface area is 90.1 Å². The van der Waals surface area contributed by atoms with E-state index in [1.165, 1.54) is 11.1 Å². The third-order valence-corrected chi connectivity index (χ3v) is 2.66. The fourth-order valence-electron chi connectivity index (χ4n) is 1.48. The molecule has 1 rings (SSSR count). The molecule has 0 saturated carbocycles. The minimum Gasteiger partial charge on any atom is -0.480 e. The lowest BCUT2D eigenvalue weighted by Crippen LogP contribution is -2.35. The molecule has 0 bridgehead atoms. The highest BCUT2D eigenvalue weighted by Crippen LogP contribution is 2.11. The molecule has 3 heteroatoms. The van der Waals surface area contributed by atoms with Gasteiger partial charge < -0.3 is 10.4 Å². The molecule has 0 aliphatic heterocycles. The molecule has 0 amide bonds. The van der Waals surface area contributed by atoms with Crippen molar-refractivity contribution in [3.63, 3.8) is 0 Å². The molecule has 0 heterocycles. The first kappa shape index (κ1) is 11.7. The van der Waals surface area contributed by atoms with Crippen molar-refractivity contribution in [2.45, 2.75) is 26.3 Å². The highest BCUT2D eigenvalue weighted by molar-refractivity contribution is 5.73. The molecule has 15 heavy (non-hydrogen) atoms. The molecule has 0 unspecified atom stereocenters. The third kappa shape index (κ3) is 3.06. The van der Waals surface area contributed by atoms with Crippen molar-refractivity contribution in [3.8, 4) is 0 Å². The summed E-state index contributed by atoms with van der Waals surface area (Å²) in [5, 5.41) is 11.7. The van der Waals surface area contributed by atoms with E-state index in [-0.39, 0.29) is 0 Å². The van der Waals surface area contributed by atoms with Crippen LogP contribution in [-0.2, 0) is 11.2 Å². The van der Waals surface area contributed by atoms with Gasteiger partial charge in [0.25, 0.3) is 0 Å². The van der Waals surface area contributed by atoms with Crippen molar-refractivity contribution in [1.82, 2.24) is 5.32 Å². The van der Waals surface area contributed by atoms with Gasteiger partial charge in [-0.25, -0.2) is 0 Å². The Hall–Kier alpha value is -1.35. The molecule has 0 aliphatic carbocycles. The monoisotopic (exact) mass is 207 g/mol. The number of carbonyl (C=O) groups is 1. The van der Waals surface area contributed by atoms with Crippen LogP contribution in [0, 0.1) is 13.8 Å². The lowest BCUT2D eigenvalue weighted by atomic mass is 10.0. The molecule has 0 radical (unpaired) electrons. The number of carboxylic acids is 1. The highest BCUT2D eigenvalue weighted by atomic mass is 16.4. The average molecular weight is 207 g/mol. The Morgan fingerprint density at radius 1 is 1.40 bits per heavy atom. The van der Waals surface area contributed by atoms with E-state index in [1.807, 2.05) is 32.0 Å². The van der Waals surface area contributed by atoms with Crippen molar-refractivity contribution in [2.24, 2.45) is 0 Å². The minimum absolute atomic E-state index is 0.507. The van der Waals surface area contributed by atoms with Crippen molar-refractivity contribution >= 4 is 5.97 Å². The molecule has 82 valence electrons. The van der Waals surface area contributed by atoms with Gasteiger partial charge >= 0.3 is 5.97 Å². The summed E-state index contributed by atoms with van der Waals surface area (Å²) < 4.78 is 0. The molecule has 1 aromatic rings. The largest absolute Gasteiger partial charge is 0.480 e. The number of nitrogens with one attached hydrogen (secondary N) is 1. The standard InChI is InChI=1S/C12H17NO2/c1-8-4-5-10(6-9(8)2)7-11(13-3)12(14)15/h4-6,11,13H,7H2,1-3H3,(H,14,15)/t11-/m0/s1. The second-order valence-corrected chi connectivity index (χ2v) is 3.80. The molecule has 0 aromatic heterocycles. The second kappa shape index (κ2) is 4.94. The molecule has 1 atom stereocenters. The first-order chi connectivity index (χ1) is 7.04. The molecule has 2 N–H and O–H groups in total. The Morgan fingerprint density at radius 2 is 2.07 bits per heavy atom. The van der Waals surface area contributed by atoms with Crippen LogP contribution in [0.1, 0.15) is 16.7 Å². The lowest BCUT2D eigenvalue weighted by molar-refractivity contribution is -0.139. The first-order valence-corrected chi connectivity index (χ1v) is 5.00. The Morgan fingerprint density at radius 3 is 2.53 bits per heavy atom. The Bertz CT molecular complexity index is 361. The number of likely N-dealkylation sites (N-methyl/N-ethyl adjacent to an activating group) is 1. The van der Waals surface area contributed by atoms with Crippen molar-refractivity contribution in [1.29, 1.82) is 0 Å². The summed E-state index contributed by atoms with van der Waals surface area (Å²) in [7, 11) is 1.67. The average Bonchev–Trinajstić information content (AvgIpc) is 2.19. The SMILES string of the molecule is CN[C@@H](Cc1ccc(C)c(C)c1)C(=O)O. The first-order valence-electron chi connectivity index (χ1n) is 5.00. The fourth-order valence-corrected chi connectivity index (χ4v) is 1.48. The highest BCUT2D eigenvalue weighted by Gasteiger charge is 2.15. The fraction of sp³-hybridized carbons (Fsp3) is 0.417. The van der Waals surface area contributed by atoms with E-state index in [2.05, 4.69) is 5.32 Å². The summed E-state index contributed by atoms with van der Waals surface area (Å²) in [4.78, 5) is 10.8. The van der Waals surface area contributed by atoms with E-state index in [9.17, 15) is 4.79 Å². The van der Waals surface area contributed by atoms with Gasteiger partial charge in [0.05, 0.1) is 0 Å². The van der Waals surface area contributed by atoms with Crippen molar-refractivity contribution < 1.29 is 9.90 Å². The number of benzene rings is 1. The van der Waals surface area contributed by atoms with Crippen LogP contribution in [-0.4, -0.2) is 24.2 Å². The van der Waals surface area contributed by atoms with Gasteiger partial charge in [-0.2, -0.15) is 0 Å². The molecule has 0 aliphatic rings. The molecular weight excluding hydrogens is 190 g/mol. The van der Waals surface area contributed by atoms with Gasteiger partial charge in [0.15, 0.2) is 0 Å². The van der Waals surface area contributed by atoms with E-state index in [4.69, 9.17) is 5.11 Å². The van der Waals surface area contributed by atoms with Crippen LogP contribution in [0.3, 0.4) is 0 Å². The smallest absolute Gasteiger partial charge is 0.321 e. The zero-order valence-corrected chi connectivity index (χ0v) is 9.37.